The van der Waals surface area contributed by atoms with Crippen LogP contribution in [-0.4, -0.2) is 0 Å². The summed E-state index contributed by atoms with van der Waals surface area (Å²) in [5.41, 5.74) is 0.676. The summed E-state index contributed by atoms with van der Waals surface area (Å²) in [6.07, 6.45) is 3.10. The zero-order valence-electron chi connectivity index (χ0n) is 6.99. The van der Waals surface area contributed by atoms with Crippen LogP contribution in [0.4, 0.5) is 8.78 Å². The average Bonchev–Trinajstić information content (AvgIpc) is 2.10. The molecule has 0 aliphatic rings. The van der Waals surface area contributed by atoms with Crippen LogP contribution in [0, 0.1) is 15.2 Å². The zero-order valence-corrected chi connectivity index (χ0v) is 9.14. The van der Waals surface area contributed by atoms with E-state index in [1.54, 1.807) is 28.7 Å². The van der Waals surface area contributed by atoms with Crippen molar-refractivity contribution in [2.45, 2.75) is 12.8 Å². The van der Waals surface area contributed by atoms with Gasteiger partial charge in [-0.1, -0.05) is 6.08 Å². The van der Waals surface area contributed by atoms with E-state index in [9.17, 15) is 8.78 Å². The molecule has 0 saturated heterocycles. The van der Waals surface area contributed by atoms with E-state index in [0.29, 0.717) is 12.0 Å². The summed E-state index contributed by atoms with van der Waals surface area (Å²) in [5, 5.41) is 0. The van der Waals surface area contributed by atoms with E-state index in [2.05, 4.69) is 6.58 Å². The Kier molecular flexibility index (Phi) is 3.84. The zero-order chi connectivity index (χ0) is 9.84. The van der Waals surface area contributed by atoms with Crippen LogP contribution >= 0.6 is 22.6 Å². The first kappa shape index (κ1) is 10.6. The molecule has 1 aromatic rings. The molecule has 0 amide bonds. The summed E-state index contributed by atoms with van der Waals surface area (Å²) >= 11 is 1.65. The fourth-order valence-corrected chi connectivity index (χ4v) is 1.33. The second-order valence-electron chi connectivity index (χ2n) is 2.70. The second-order valence-corrected chi connectivity index (χ2v) is 3.78. The van der Waals surface area contributed by atoms with E-state index in [-0.39, 0.29) is 3.57 Å². The third-order valence-corrected chi connectivity index (χ3v) is 2.71. The molecule has 0 atom stereocenters. The lowest BCUT2D eigenvalue weighted by molar-refractivity contribution is 0.567. The van der Waals surface area contributed by atoms with Crippen molar-refractivity contribution < 1.29 is 8.78 Å². The molecular weight excluding hydrogens is 285 g/mol. The van der Waals surface area contributed by atoms with Gasteiger partial charge in [-0.05, 0) is 53.1 Å². The first-order chi connectivity index (χ1) is 6.15. The Hall–Kier alpha value is -0.450. The highest BCUT2D eigenvalue weighted by atomic mass is 127. The molecule has 1 rings (SSSR count). The van der Waals surface area contributed by atoms with Crippen LogP contribution in [0.1, 0.15) is 12.0 Å². The van der Waals surface area contributed by atoms with Crippen LogP contribution in [0.5, 0.6) is 0 Å². The first-order valence-corrected chi connectivity index (χ1v) is 4.97. The molecular formula is C10H9F2I. The Labute approximate surface area is 89.8 Å². The highest BCUT2D eigenvalue weighted by Gasteiger charge is 2.07. The smallest absolute Gasteiger partial charge is 0.139 e. The number of hydrogen-bond acceptors (Lipinski definition) is 0. The minimum absolute atomic E-state index is 0.0555. The molecule has 0 aliphatic heterocycles. The number of hydrogen-bond donors (Lipinski definition) is 0. The van der Waals surface area contributed by atoms with E-state index in [4.69, 9.17) is 0 Å². The van der Waals surface area contributed by atoms with Crippen molar-refractivity contribution in [3.05, 3.63) is 45.6 Å². The van der Waals surface area contributed by atoms with Crippen LogP contribution in [0.25, 0.3) is 0 Å². The second kappa shape index (κ2) is 4.69. The lowest BCUT2D eigenvalue weighted by atomic mass is 10.1. The predicted octanol–water partition coefficient (Wildman–Crippen LogP) is 3.69. The van der Waals surface area contributed by atoms with Gasteiger partial charge in [-0.3, -0.25) is 0 Å². The van der Waals surface area contributed by atoms with Crippen LogP contribution in [0.2, 0.25) is 0 Å². The quantitative estimate of drug-likeness (QED) is 0.453. The maximum atomic E-state index is 13.0. The molecule has 0 bridgehead atoms. The Balaban J connectivity index is 2.92. The van der Waals surface area contributed by atoms with Crippen molar-refractivity contribution in [3.63, 3.8) is 0 Å². The maximum absolute atomic E-state index is 13.0. The van der Waals surface area contributed by atoms with Gasteiger partial charge in [-0.15, -0.1) is 6.58 Å². The highest BCUT2D eigenvalue weighted by molar-refractivity contribution is 14.1. The predicted molar refractivity (Wildman–Crippen MR) is 57.6 cm³/mol. The van der Waals surface area contributed by atoms with Gasteiger partial charge in [0.15, 0.2) is 0 Å². The number of aryl methyl sites for hydroxylation is 1. The number of benzene rings is 1. The lowest BCUT2D eigenvalue weighted by Gasteiger charge is -2.01. The van der Waals surface area contributed by atoms with Gasteiger partial charge in [0.2, 0.25) is 0 Å². The van der Waals surface area contributed by atoms with E-state index in [0.717, 1.165) is 6.42 Å². The topological polar surface area (TPSA) is 0 Å². The summed E-state index contributed by atoms with van der Waals surface area (Å²) < 4.78 is 26.0. The highest BCUT2D eigenvalue weighted by Crippen LogP contribution is 2.18. The fourth-order valence-electron chi connectivity index (χ4n) is 1.02. The summed E-state index contributed by atoms with van der Waals surface area (Å²) in [7, 11) is 0. The van der Waals surface area contributed by atoms with Gasteiger partial charge in [0.05, 0.1) is 3.57 Å². The summed E-state index contributed by atoms with van der Waals surface area (Å²) in [4.78, 5) is 0. The van der Waals surface area contributed by atoms with E-state index < -0.39 is 11.6 Å². The van der Waals surface area contributed by atoms with Gasteiger partial charge in [0.1, 0.15) is 11.6 Å². The summed E-state index contributed by atoms with van der Waals surface area (Å²) in [6, 6.07) is 2.74. The van der Waals surface area contributed by atoms with Crippen molar-refractivity contribution in [2.75, 3.05) is 0 Å². The first-order valence-electron chi connectivity index (χ1n) is 3.89. The third kappa shape index (κ3) is 2.76. The number of rotatable bonds is 3. The van der Waals surface area contributed by atoms with E-state index in [1.807, 2.05) is 0 Å². The number of allylic oxidation sites excluding steroid dienone is 1. The Morgan fingerprint density at radius 2 is 1.85 bits per heavy atom. The van der Waals surface area contributed by atoms with Crippen molar-refractivity contribution in [1.29, 1.82) is 0 Å². The van der Waals surface area contributed by atoms with Gasteiger partial charge in [0, 0.05) is 0 Å². The Bertz CT molecular complexity index is 298. The molecule has 70 valence electrons. The van der Waals surface area contributed by atoms with Crippen LogP contribution in [0.3, 0.4) is 0 Å². The summed E-state index contributed by atoms with van der Waals surface area (Å²) in [6.45, 7) is 3.55. The van der Waals surface area contributed by atoms with E-state index >= 15 is 0 Å². The molecule has 0 aromatic heterocycles. The van der Waals surface area contributed by atoms with Gasteiger partial charge in [-0.25, -0.2) is 8.78 Å². The molecule has 13 heavy (non-hydrogen) atoms. The standard InChI is InChI=1S/C10H9F2I/c1-2-3-4-7-5-8(11)10(13)9(12)6-7/h2,5-6H,1,3-4H2. The summed E-state index contributed by atoms with van der Waals surface area (Å²) in [5.74, 6) is -0.973. The Morgan fingerprint density at radius 3 is 2.31 bits per heavy atom. The molecule has 0 heterocycles. The van der Waals surface area contributed by atoms with Crippen LogP contribution in [0.15, 0.2) is 24.8 Å². The van der Waals surface area contributed by atoms with E-state index in [1.165, 1.54) is 12.1 Å². The third-order valence-electron chi connectivity index (χ3n) is 1.68. The molecule has 0 nitrogen and oxygen atoms in total. The molecule has 3 heteroatoms. The number of halogens is 3. The fraction of sp³-hybridized carbons (Fsp3) is 0.200. The van der Waals surface area contributed by atoms with Gasteiger partial charge in [0.25, 0.3) is 0 Å². The molecule has 0 saturated carbocycles. The van der Waals surface area contributed by atoms with Crippen LogP contribution < -0.4 is 0 Å². The lowest BCUT2D eigenvalue weighted by Crippen LogP contribution is -1.93. The van der Waals surface area contributed by atoms with Crippen molar-refractivity contribution in [1.82, 2.24) is 0 Å². The van der Waals surface area contributed by atoms with Gasteiger partial charge < -0.3 is 0 Å². The molecule has 0 unspecified atom stereocenters. The molecule has 0 radical (unpaired) electrons. The van der Waals surface area contributed by atoms with Crippen molar-refractivity contribution >= 4 is 22.6 Å². The average molecular weight is 294 g/mol. The minimum atomic E-state index is -0.486. The van der Waals surface area contributed by atoms with Gasteiger partial charge >= 0.3 is 0 Å². The monoisotopic (exact) mass is 294 g/mol. The molecule has 0 fully saturated rings. The largest absolute Gasteiger partial charge is 0.206 e. The molecule has 1 aromatic carbocycles. The molecule has 0 N–H and O–H groups in total. The molecule has 0 aliphatic carbocycles. The SMILES string of the molecule is C=CCCc1cc(F)c(I)c(F)c1. The minimum Gasteiger partial charge on any atom is -0.206 e. The normalized spacial score (nSPS) is 10.1. The molecule has 0 spiro atoms. The maximum Gasteiger partial charge on any atom is 0.139 e. The van der Waals surface area contributed by atoms with Gasteiger partial charge in [-0.2, -0.15) is 0 Å². The van der Waals surface area contributed by atoms with Crippen molar-refractivity contribution in [3.8, 4) is 0 Å². The van der Waals surface area contributed by atoms with Crippen molar-refractivity contribution in [2.24, 2.45) is 0 Å². The van der Waals surface area contributed by atoms with Crippen LogP contribution in [-0.2, 0) is 6.42 Å². The Morgan fingerprint density at radius 1 is 1.31 bits per heavy atom.